The number of hydrogen-bond acceptors (Lipinski definition) is 10. The van der Waals surface area contributed by atoms with E-state index in [4.69, 9.17) is 23.7 Å². The lowest BCUT2D eigenvalue weighted by Crippen LogP contribution is -2.29. The molecule has 0 amide bonds. The Morgan fingerprint density at radius 3 is 0.887 bits per heavy atom. The molecule has 10 heteroatoms. The molecule has 0 bridgehead atoms. The summed E-state index contributed by atoms with van der Waals surface area (Å²) in [6.07, 6.45) is 55.3. The first-order valence-corrected chi connectivity index (χ1v) is 30.3. The first-order valence-electron chi connectivity index (χ1n) is 30.3. The Labute approximate surface area is 437 Å². The Bertz CT molecular complexity index is 1190. The summed E-state index contributed by atoms with van der Waals surface area (Å²) < 4.78 is 26.6. The van der Waals surface area contributed by atoms with Crippen molar-refractivity contribution in [1.82, 2.24) is 0 Å². The van der Waals surface area contributed by atoms with Crippen LogP contribution in [0.1, 0.15) is 309 Å². The molecule has 0 rings (SSSR count). The summed E-state index contributed by atoms with van der Waals surface area (Å²) in [6, 6.07) is 0. The Kier molecular flexibility index (Phi) is 54.9. The zero-order valence-corrected chi connectivity index (χ0v) is 46.8. The summed E-state index contributed by atoms with van der Waals surface area (Å²) in [5, 5.41) is 10.1. The van der Waals surface area contributed by atoms with Gasteiger partial charge in [0.05, 0.1) is 6.61 Å². The van der Waals surface area contributed by atoms with E-state index in [1.54, 1.807) is 7.11 Å². The van der Waals surface area contributed by atoms with Crippen LogP contribution >= 0.6 is 0 Å². The number of hydrogen-bond donors (Lipinski definition) is 1. The average Bonchev–Trinajstić information content (AvgIpc) is 3.36. The van der Waals surface area contributed by atoms with E-state index in [2.05, 4.69) is 26.0 Å². The first kappa shape index (κ1) is 68.5. The third-order valence-corrected chi connectivity index (χ3v) is 13.6. The van der Waals surface area contributed by atoms with Crippen LogP contribution in [0.5, 0.6) is 0 Å². The molecular weight excluding hydrogens is 893 g/mol. The van der Waals surface area contributed by atoms with Crippen molar-refractivity contribution in [2.24, 2.45) is 0 Å². The number of carbonyl (C=O) groups excluding carboxylic acids is 4. The van der Waals surface area contributed by atoms with Crippen LogP contribution in [0.3, 0.4) is 0 Å². The lowest BCUT2D eigenvalue weighted by atomic mass is 10.0. The standard InChI is InChI=1S/C61H114O10/c1-4-6-8-10-12-14-16-18-20-24-28-32-36-40-44-48-58(63)68-52-56(62)53-69-59(64)49-45-41-37-33-29-26-22-23-27-31-35-39-43-47-51-61(66)71-57(54-67-3)55-70-60(65)50-46-42-38-34-30-25-21-19-17-15-13-11-9-7-5-2/h22-23,56-57,62H,4-21,24-55H2,1-3H3. The van der Waals surface area contributed by atoms with Gasteiger partial charge in [-0.2, -0.15) is 0 Å². The van der Waals surface area contributed by atoms with Crippen molar-refractivity contribution >= 4 is 23.9 Å². The quantitative estimate of drug-likeness (QED) is 0.0272. The summed E-state index contributed by atoms with van der Waals surface area (Å²) in [4.78, 5) is 48.9. The number of rotatable bonds is 57. The van der Waals surface area contributed by atoms with Gasteiger partial charge in [-0.15, -0.1) is 0 Å². The van der Waals surface area contributed by atoms with E-state index in [-0.39, 0.29) is 50.3 Å². The van der Waals surface area contributed by atoms with Crippen LogP contribution in [0, 0.1) is 0 Å². The van der Waals surface area contributed by atoms with Gasteiger partial charge >= 0.3 is 23.9 Å². The number of aliphatic hydroxyl groups excluding tert-OH is 1. The minimum Gasteiger partial charge on any atom is -0.463 e. The van der Waals surface area contributed by atoms with Crippen molar-refractivity contribution in [1.29, 1.82) is 0 Å². The van der Waals surface area contributed by atoms with E-state index < -0.39 is 12.2 Å². The van der Waals surface area contributed by atoms with Crippen molar-refractivity contribution in [3.8, 4) is 0 Å². The van der Waals surface area contributed by atoms with Crippen molar-refractivity contribution < 1.29 is 48.0 Å². The molecule has 0 aromatic heterocycles. The van der Waals surface area contributed by atoms with Crippen molar-refractivity contribution in [3.63, 3.8) is 0 Å². The molecule has 0 aliphatic carbocycles. The number of unbranched alkanes of at least 4 members (excludes halogenated alkanes) is 38. The van der Waals surface area contributed by atoms with E-state index >= 15 is 0 Å². The van der Waals surface area contributed by atoms with Gasteiger partial charge in [-0.25, -0.2) is 0 Å². The summed E-state index contributed by atoms with van der Waals surface area (Å²) in [5.74, 6) is -1.11. The molecule has 71 heavy (non-hydrogen) atoms. The molecule has 0 saturated carbocycles. The maximum absolute atomic E-state index is 12.5. The summed E-state index contributed by atoms with van der Waals surface area (Å²) in [5.41, 5.74) is 0. The zero-order chi connectivity index (χ0) is 51.8. The fourth-order valence-electron chi connectivity index (χ4n) is 9.02. The third-order valence-electron chi connectivity index (χ3n) is 13.6. The molecule has 10 nitrogen and oxygen atoms in total. The van der Waals surface area contributed by atoms with E-state index in [0.29, 0.717) is 25.7 Å². The van der Waals surface area contributed by atoms with Crippen LogP contribution in [-0.4, -0.2) is 74.7 Å². The molecule has 2 unspecified atom stereocenters. The van der Waals surface area contributed by atoms with Gasteiger partial charge in [-0.3, -0.25) is 19.2 Å². The smallest absolute Gasteiger partial charge is 0.306 e. The summed E-state index contributed by atoms with van der Waals surface area (Å²) in [7, 11) is 1.56. The highest BCUT2D eigenvalue weighted by molar-refractivity contribution is 5.70. The van der Waals surface area contributed by atoms with Crippen LogP contribution in [0.2, 0.25) is 0 Å². The van der Waals surface area contributed by atoms with Crippen molar-refractivity contribution in [2.45, 2.75) is 321 Å². The fraction of sp³-hybridized carbons (Fsp3) is 0.902. The van der Waals surface area contributed by atoms with Gasteiger partial charge < -0.3 is 28.8 Å². The molecule has 0 fully saturated rings. The van der Waals surface area contributed by atoms with Gasteiger partial charge in [-0.1, -0.05) is 244 Å². The second-order valence-electron chi connectivity index (χ2n) is 20.8. The number of aliphatic hydroxyl groups is 1. The minimum atomic E-state index is -0.995. The minimum absolute atomic E-state index is 0.0408. The van der Waals surface area contributed by atoms with Crippen molar-refractivity contribution in [2.75, 3.05) is 33.5 Å². The number of allylic oxidation sites excluding steroid dienone is 2. The molecule has 0 aliphatic heterocycles. The van der Waals surface area contributed by atoms with E-state index in [9.17, 15) is 24.3 Å². The molecule has 0 aliphatic rings. The van der Waals surface area contributed by atoms with Crippen molar-refractivity contribution in [3.05, 3.63) is 12.2 Å². The van der Waals surface area contributed by atoms with Crippen LogP contribution in [-0.2, 0) is 42.9 Å². The Morgan fingerprint density at radius 2 is 0.592 bits per heavy atom. The molecule has 0 radical (unpaired) electrons. The summed E-state index contributed by atoms with van der Waals surface area (Å²) >= 11 is 0. The molecule has 0 aromatic rings. The lowest BCUT2D eigenvalue weighted by molar-refractivity contribution is -0.162. The molecule has 0 heterocycles. The highest BCUT2D eigenvalue weighted by Crippen LogP contribution is 2.17. The maximum atomic E-state index is 12.5. The monoisotopic (exact) mass is 1010 g/mol. The van der Waals surface area contributed by atoms with Gasteiger partial charge in [0.25, 0.3) is 0 Å². The summed E-state index contributed by atoms with van der Waals surface area (Å²) in [6.45, 7) is 4.50. The van der Waals surface area contributed by atoms with E-state index in [1.807, 2.05) is 0 Å². The number of methoxy groups -OCH3 is 1. The van der Waals surface area contributed by atoms with Gasteiger partial charge in [0.1, 0.15) is 25.9 Å². The SMILES string of the molecule is CCCCCCCCCCCCCCCCCC(=O)OCC(O)COC(=O)CCCCCCCC=CCCCCCCCC(=O)OC(COC)COC(=O)CCCCCCCCCCCCCCCCC. The maximum Gasteiger partial charge on any atom is 0.306 e. The van der Waals surface area contributed by atoms with Crippen LogP contribution in [0.25, 0.3) is 0 Å². The Morgan fingerprint density at radius 1 is 0.338 bits per heavy atom. The van der Waals surface area contributed by atoms with Gasteiger partial charge in [0.2, 0.25) is 0 Å². The first-order chi connectivity index (χ1) is 34.8. The molecule has 0 aromatic carbocycles. The Balaban J connectivity index is 3.61. The second kappa shape index (κ2) is 56.8. The number of carbonyl (C=O) groups is 4. The number of esters is 4. The van der Waals surface area contributed by atoms with Gasteiger partial charge in [-0.05, 0) is 51.4 Å². The predicted octanol–water partition coefficient (Wildman–Crippen LogP) is 17.1. The number of ether oxygens (including phenoxy) is 5. The molecule has 2 atom stereocenters. The van der Waals surface area contributed by atoms with Crippen LogP contribution in [0.15, 0.2) is 12.2 Å². The molecular formula is C61H114O10. The molecule has 1 N–H and O–H groups in total. The molecule has 0 spiro atoms. The Hall–Kier alpha value is -2.46. The van der Waals surface area contributed by atoms with E-state index in [1.165, 1.54) is 154 Å². The van der Waals surface area contributed by atoms with Crippen LogP contribution in [0.4, 0.5) is 0 Å². The van der Waals surface area contributed by atoms with Gasteiger partial charge in [0.15, 0.2) is 6.10 Å². The van der Waals surface area contributed by atoms with E-state index in [0.717, 1.165) is 116 Å². The lowest BCUT2D eigenvalue weighted by Gasteiger charge is -2.17. The zero-order valence-electron chi connectivity index (χ0n) is 46.8. The fourth-order valence-corrected chi connectivity index (χ4v) is 9.02. The third kappa shape index (κ3) is 55.1. The largest absolute Gasteiger partial charge is 0.463 e. The van der Waals surface area contributed by atoms with Gasteiger partial charge in [0, 0.05) is 32.8 Å². The topological polar surface area (TPSA) is 135 Å². The second-order valence-corrected chi connectivity index (χ2v) is 20.8. The highest BCUT2D eigenvalue weighted by atomic mass is 16.6. The highest BCUT2D eigenvalue weighted by Gasteiger charge is 2.17. The predicted molar refractivity (Wildman–Crippen MR) is 294 cm³/mol. The molecule has 0 saturated heterocycles. The molecule has 418 valence electrons. The normalized spacial score (nSPS) is 12.3. The average molecular weight is 1010 g/mol. The van der Waals surface area contributed by atoms with Crippen LogP contribution < -0.4 is 0 Å².